The molecule has 0 unspecified atom stereocenters. The number of nitrogens with one attached hydrogen (secondary N) is 1. The van der Waals surface area contributed by atoms with Crippen molar-refractivity contribution in [2.24, 2.45) is 5.73 Å². The van der Waals surface area contributed by atoms with Crippen molar-refractivity contribution in [2.45, 2.75) is 0 Å². The summed E-state index contributed by atoms with van der Waals surface area (Å²) < 4.78 is 0. The molecular weight excluding hydrogens is 376 g/mol. The average Bonchev–Trinajstić information content (AvgIpc) is 2.79. The summed E-state index contributed by atoms with van der Waals surface area (Å²) >= 11 is 0. The van der Waals surface area contributed by atoms with Gasteiger partial charge in [0.25, 0.3) is 0 Å². The minimum Gasteiger partial charge on any atom is -0.366 e. The molecule has 0 aliphatic rings. The van der Waals surface area contributed by atoms with Crippen molar-refractivity contribution in [2.75, 3.05) is 5.32 Å². The van der Waals surface area contributed by atoms with Crippen molar-refractivity contribution in [1.82, 2.24) is 9.97 Å². The molecule has 0 aliphatic carbocycles. The van der Waals surface area contributed by atoms with Crippen LogP contribution in [0.15, 0.2) is 85.7 Å². The van der Waals surface area contributed by atoms with Crippen LogP contribution < -0.4 is 11.1 Å². The van der Waals surface area contributed by atoms with Crippen molar-refractivity contribution >= 4 is 39.7 Å². The van der Waals surface area contributed by atoms with E-state index in [9.17, 15) is 9.59 Å². The lowest BCUT2D eigenvalue weighted by atomic mass is 10.0. The van der Waals surface area contributed by atoms with Crippen molar-refractivity contribution in [3.8, 4) is 0 Å². The number of nitrogens with two attached hydrogens (primary N) is 1. The van der Waals surface area contributed by atoms with E-state index in [2.05, 4.69) is 21.9 Å². The Balaban J connectivity index is 1.62. The Bertz CT molecular complexity index is 1270. The van der Waals surface area contributed by atoms with E-state index in [-0.39, 0.29) is 11.4 Å². The molecule has 4 rings (SSSR count). The molecule has 3 aromatic carbocycles. The van der Waals surface area contributed by atoms with Crippen LogP contribution in [-0.2, 0) is 4.79 Å². The van der Waals surface area contributed by atoms with Crippen molar-refractivity contribution < 1.29 is 9.59 Å². The summed E-state index contributed by atoms with van der Waals surface area (Å²) in [7, 11) is 0. The van der Waals surface area contributed by atoms with Gasteiger partial charge in [-0.1, -0.05) is 43.0 Å². The van der Waals surface area contributed by atoms with Crippen molar-refractivity contribution in [1.29, 1.82) is 0 Å². The van der Waals surface area contributed by atoms with E-state index < -0.39 is 5.91 Å². The van der Waals surface area contributed by atoms with E-state index in [1.165, 1.54) is 6.33 Å². The molecule has 30 heavy (non-hydrogen) atoms. The second-order valence-corrected chi connectivity index (χ2v) is 6.69. The van der Waals surface area contributed by atoms with E-state index >= 15 is 0 Å². The molecular formula is C24H18N4O2. The number of hydrogen-bond donors (Lipinski definition) is 2. The Morgan fingerprint density at radius 2 is 1.50 bits per heavy atom. The Morgan fingerprint density at radius 1 is 0.833 bits per heavy atom. The van der Waals surface area contributed by atoms with E-state index in [0.29, 0.717) is 28.0 Å². The molecule has 3 N–H and O–H groups in total. The van der Waals surface area contributed by atoms with Gasteiger partial charge < -0.3 is 11.1 Å². The standard InChI is InChI=1S/C24H18N4O2/c1-15(23(25)30)18-9-12-21-20(13-18)24(27-14-26-21)28-19-10-7-17(8-11-19)22(29)16-5-3-2-4-6-16/h2-14H,1H2,(H2,25,30)(H,26,27,28). The number of carbonyl (C=O) groups is 2. The average molecular weight is 394 g/mol. The van der Waals surface area contributed by atoms with Crippen LogP contribution in [0, 0.1) is 0 Å². The molecule has 0 radical (unpaired) electrons. The SMILES string of the molecule is C=C(C(N)=O)c1ccc2ncnc(Nc3ccc(C(=O)c4ccccc4)cc3)c2c1. The molecule has 1 aromatic heterocycles. The van der Waals surface area contributed by atoms with E-state index in [4.69, 9.17) is 5.73 Å². The van der Waals surface area contributed by atoms with Crippen LogP contribution in [-0.4, -0.2) is 21.7 Å². The zero-order chi connectivity index (χ0) is 21.1. The summed E-state index contributed by atoms with van der Waals surface area (Å²) in [5.41, 5.74) is 8.88. The van der Waals surface area contributed by atoms with E-state index in [1.807, 2.05) is 30.3 Å². The van der Waals surface area contributed by atoms with Gasteiger partial charge in [0.05, 0.1) is 5.52 Å². The Kier molecular flexibility index (Phi) is 5.05. The monoisotopic (exact) mass is 394 g/mol. The van der Waals surface area contributed by atoms with E-state index in [1.54, 1.807) is 42.5 Å². The van der Waals surface area contributed by atoms with Crippen molar-refractivity contribution in [3.05, 3.63) is 102 Å². The largest absolute Gasteiger partial charge is 0.366 e. The van der Waals surface area contributed by atoms with Gasteiger partial charge in [0.15, 0.2) is 5.78 Å². The van der Waals surface area contributed by atoms with Gasteiger partial charge in [0, 0.05) is 27.8 Å². The number of nitrogens with zero attached hydrogens (tertiary/aromatic N) is 2. The van der Waals surface area contributed by atoms with Gasteiger partial charge >= 0.3 is 0 Å². The number of benzene rings is 3. The fourth-order valence-corrected chi connectivity index (χ4v) is 3.08. The molecule has 4 aromatic rings. The third-order valence-electron chi connectivity index (χ3n) is 4.73. The smallest absolute Gasteiger partial charge is 0.248 e. The molecule has 1 heterocycles. The zero-order valence-corrected chi connectivity index (χ0v) is 16.0. The maximum atomic E-state index is 12.6. The summed E-state index contributed by atoms with van der Waals surface area (Å²) in [6.07, 6.45) is 1.46. The van der Waals surface area contributed by atoms with E-state index in [0.717, 1.165) is 11.1 Å². The summed E-state index contributed by atoms with van der Waals surface area (Å²) in [4.78, 5) is 32.6. The molecule has 6 nitrogen and oxygen atoms in total. The number of primary amides is 1. The molecule has 0 fully saturated rings. The van der Waals surface area contributed by atoms with Crippen LogP contribution in [0.3, 0.4) is 0 Å². The number of rotatable bonds is 6. The summed E-state index contributed by atoms with van der Waals surface area (Å²) in [6, 6.07) is 21.6. The maximum Gasteiger partial charge on any atom is 0.248 e. The highest BCUT2D eigenvalue weighted by Gasteiger charge is 2.11. The van der Waals surface area contributed by atoms with Crippen molar-refractivity contribution in [3.63, 3.8) is 0 Å². The predicted octanol–water partition coefficient (Wildman–Crippen LogP) is 4.10. The quantitative estimate of drug-likeness (QED) is 0.379. The minimum absolute atomic E-state index is 0.0377. The number of amides is 1. The topological polar surface area (TPSA) is 98.0 Å². The second-order valence-electron chi connectivity index (χ2n) is 6.69. The molecule has 146 valence electrons. The number of ketones is 1. The first-order chi connectivity index (χ1) is 14.5. The van der Waals surface area contributed by atoms with Gasteiger partial charge in [-0.2, -0.15) is 0 Å². The van der Waals surface area contributed by atoms with Crippen LogP contribution in [0.5, 0.6) is 0 Å². The minimum atomic E-state index is -0.584. The first-order valence-electron chi connectivity index (χ1n) is 9.23. The number of carbonyl (C=O) groups excluding carboxylic acids is 2. The lowest BCUT2D eigenvalue weighted by Crippen LogP contribution is -2.12. The lowest BCUT2D eigenvalue weighted by molar-refractivity contribution is -0.112. The third kappa shape index (κ3) is 3.79. The first-order valence-corrected chi connectivity index (χ1v) is 9.23. The zero-order valence-electron chi connectivity index (χ0n) is 16.0. The number of anilines is 2. The molecule has 0 aliphatic heterocycles. The van der Waals surface area contributed by atoms with Crippen LogP contribution in [0.4, 0.5) is 11.5 Å². The Morgan fingerprint density at radius 3 is 2.20 bits per heavy atom. The first kappa shape index (κ1) is 19.0. The van der Waals surface area contributed by atoms with Gasteiger partial charge in [-0.15, -0.1) is 0 Å². The van der Waals surface area contributed by atoms with Crippen LogP contribution in [0.1, 0.15) is 21.5 Å². The summed E-state index contributed by atoms with van der Waals surface area (Å²) in [5.74, 6) is -0.0510. The highest BCUT2D eigenvalue weighted by molar-refractivity contribution is 6.18. The molecule has 1 amide bonds. The van der Waals surface area contributed by atoms with Crippen LogP contribution in [0.2, 0.25) is 0 Å². The molecule has 0 bridgehead atoms. The molecule has 0 saturated carbocycles. The third-order valence-corrected chi connectivity index (χ3v) is 4.73. The van der Waals surface area contributed by atoms with Gasteiger partial charge in [-0.25, -0.2) is 9.97 Å². The number of hydrogen-bond acceptors (Lipinski definition) is 5. The fourth-order valence-electron chi connectivity index (χ4n) is 3.08. The molecule has 0 atom stereocenters. The van der Waals surface area contributed by atoms with Gasteiger partial charge in [0.1, 0.15) is 12.1 Å². The normalized spacial score (nSPS) is 10.5. The van der Waals surface area contributed by atoms with Gasteiger partial charge in [-0.05, 0) is 42.0 Å². The Hall–Kier alpha value is -4.32. The number of aromatic nitrogens is 2. The highest BCUT2D eigenvalue weighted by Crippen LogP contribution is 2.26. The van der Waals surface area contributed by atoms with Gasteiger partial charge in [0.2, 0.25) is 5.91 Å². The van der Waals surface area contributed by atoms with Gasteiger partial charge in [-0.3, -0.25) is 9.59 Å². The summed E-state index contributed by atoms with van der Waals surface area (Å²) in [5, 5.41) is 3.96. The fraction of sp³-hybridized carbons (Fsp3) is 0. The molecule has 6 heteroatoms. The highest BCUT2D eigenvalue weighted by atomic mass is 16.1. The predicted molar refractivity (Wildman–Crippen MR) is 117 cm³/mol. The number of fused-ring (bicyclic) bond motifs is 1. The lowest BCUT2D eigenvalue weighted by Gasteiger charge is -2.10. The maximum absolute atomic E-state index is 12.6. The van der Waals surface area contributed by atoms with Crippen LogP contribution >= 0.6 is 0 Å². The Labute approximate surface area is 173 Å². The van der Waals surface area contributed by atoms with Crippen LogP contribution in [0.25, 0.3) is 16.5 Å². The molecule has 0 spiro atoms. The second kappa shape index (κ2) is 7.97. The molecule has 0 saturated heterocycles. The summed E-state index contributed by atoms with van der Waals surface area (Å²) in [6.45, 7) is 3.73.